The van der Waals surface area contributed by atoms with Gasteiger partial charge in [0, 0.05) is 23.3 Å². The highest BCUT2D eigenvalue weighted by Crippen LogP contribution is 2.15. The molecule has 0 aliphatic rings. The molecule has 0 aliphatic carbocycles. The van der Waals surface area contributed by atoms with E-state index in [-0.39, 0.29) is 5.41 Å². The quantitative estimate of drug-likeness (QED) is 0.569. The molecule has 0 bridgehead atoms. The summed E-state index contributed by atoms with van der Waals surface area (Å²) in [6, 6.07) is 0. The van der Waals surface area contributed by atoms with Crippen LogP contribution >= 0.6 is 0 Å². The van der Waals surface area contributed by atoms with E-state index in [2.05, 4.69) is 9.97 Å². The lowest BCUT2D eigenvalue weighted by atomic mass is 9.82. The molecule has 0 aromatic carbocycles. The Morgan fingerprint density at radius 1 is 1.15 bits per heavy atom. The number of aromatic nitrogens is 2. The van der Waals surface area contributed by atoms with E-state index >= 15 is 0 Å². The highest BCUT2D eigenvalue weighted by atomic mass is 16.4. The van der Waals surface area contributed by atoms with Gasteiger partial charge >= 0.3 is 7.12 Å². The highest BCUT2D eigenvalue weighted by Gasteiger charge is 2.18. The van der Waals surface area contributed by atoms with E-state index in [0.717, 1.165) is 0 Å². The van der Waals surface area contributed by atoms with Crippen LogP contribution in [0.4, 0.5) is 0 Å². The second-order valence-electron chi connectivity index (χ2n) is 3.96. The maximum atomic E-state index is 8.79. The van der Waals surface area contributed by atoms with E-state index in [0.29, 0.717) is 11.3 Å². The first-order valence-corrected chi connectivity index (χ1v) is 4.10. The van der Waals surface area contributed by atoms with Crippen molar-refractivity contribution in [2.45, 2.75) is 26.2 Å². The molecule has 13 heavy (non-hydrogen) atoms. The Morgan fingerprint density at radius 3 is 1.92 bits per heavy atom. The fourth-order valence-electron chi connectivity index (χ4n) is 0.859. The Balaban J connectivity index is 2.94. The average Bonchev–Trinajstić information content (AvgIpc) is 2.03. The minimum atomic E-state index is -1.49. The summed E-state index contributed by atoms with van der Waals surface area (Å²) in [6.45, 7) is 5.99. The molecule has 0 atom stereocenters. The Bertz CT molecular complexity index is 279. The molecular formula is C8H13BN2O2. The summed E-state index contributed by atoms with van der Waals surface area (Å²) in [5, 5.41) is 17.6. The van der Waals surface area contributed by atoms with Gasteiger partial charge in [0.1, 0.15) is 5.82 Å². The van der Waals surface area contributed by atoms with Crippen LogP contribution in [-0.2, 0) is 5.41 Å². The first-order valence-electron chi connectivity index (χ1n) is 4.10. The molecule has 1 rings (SSSR count). The van der Waals surface area contributed by atoms with Gasteiger partial charge in [-0.1, -0.05) is 20.8 Å². The standard InChI is InChI=1S/C8H13BN2O2/c1-8(2,3)7-10-4-6(5-11-7)9(12)13/h4-5,12-13H,1-3H3. The van der Waals surface area contributed by atoms with Gasteiger partial charge in [-0.3, -0.25) is 0 Å². The Labute approximate surface area is 77.8 Å². The van der Waals surface area contributed by atoms with Crippen LogP contribution in [0.25, 0.3) is 0 Å². The minimum Gasteiger partial charge on any atom is -0.423 e. The summed E-state index contributed by atoms with van der Waals surface area (Å²) < 4.78 is 0. The Hall–Kier alpha value is -0.935. The van der Waals surface area contributed by atoms with Gasteiger partial charge in [-0.15, -0.1) is 0 Å². The zero-order valence-corrected chi connectivity index (χ0v) is 8.02. The van der Waals surface area contributed by atoms with Crippen LogP contribution in [-0.4, -0.2) is 27.1 Å². The Kier molecular flexibility index (Phi) is 2.68. The first kappa shape index (κ1) is 10.1. The summed E-state index contributed by atoms with van der Waals surface area (Å²) in [6.07, 6.45) is 2.86. The maximum absolute atomic E-state index is 8.79. The number of hydrogen-bond acceptors (Lipinski definition) is 4. The van der Waals surface area contributed by atoms with Gasteiger partial charge in [-0.2, -0.15) is 0 Å². The molecule has 2 N–H and O–H groups in total. The summed E-state index contributed by atoms with van der Waals surface area (Å²) in [4.78, 5) is 8.08. The van der Waals surface area contributed by atoms with Gasteiger partial charge in [0.2, 0.25) is 0 Å². The topological polar surface area (TPSA) is 66.2 Å². The summed E-state index contributed by atoms with van der Waals surface area (Å²) in [5.41, 5.74) is 0.201. The van der Waals surface area contributed by atoms with Crippen molar-refractivity contribution in [3.05, 3.63) is 18.2 Å². The second-order valence-corrected chi connectivity index (χ2v) is 3.96. The predicted molar refractivity (Wildman–Crippen MR) is 50.6 cm³/mol. The summed E-state index contributed by atoms with van der Waals surface area (Å²) >= 11 is 0. The smallest absolute Gasteiger partial charge is 0.423 e. The first-order chi connectivity index (χ1) is 5.91. The van der Waals surface area contributed by atoms with Gasteiger partial charge in [0.05, 0.1) is 0 Å². The van der Waals surface area contributed by atoms with E-state index in [4.69, 9.17) is 10.0 Å². The molecule has 0 saturated heterocycles. The molecule has 0 amide bonds. The van der Waals surface area contributed by atoms with Crippen molar-refractivity contribution in [3.8, 4) is 0 Å². The zero-order valence-electron chi connectivity index (χ0n) is 8.02. The molecule has 0 radical (unpaired) electrons. The SMILES string of the molecule is CC(C)(C)c1ncc(B(O)O)cn1. The molecule has 5 heteroatoms. The molecule has 1 aromatic rings. The third-order valence-electron chi connectivity index (χ3n) is 1.64. The predicted octanol–water partition coefficient (Wildman–Crippen LogP) is -0.546. The van der Waals surface area contributed by atoms with Gasteiger partial charge in [-0.05, 0) is 0 Å². The molecule has 70 valence electrons. The van der Waals surface area contributed by atoms with Crippen LogP contribution in [0, 0.1) is 0 Å². The van der Waals surface area contributed by atoms with Crippen molar-refractivity contribution in [1.29, 1.82) is 0 Å². The van der Waals surface area contributed by atoms with Crippen LogP contribution in [0.3, 0.4) is 0 Å². The molecule has 0 unspecified atom stereocenters. The van der Waals surface area contributed by atoms with E-state index < -0.39 is 7.12 Å². The van der Waals surface area contributed by atoms with Crippen LogP contribution in [0.2, 0.25) is 0 Å². The monoisotopic (exact) mass is 180 g/mol. The third kappa shape index (κ3) is 2.50. The maximum Gasteiger partial charge on any atom is 0.491 e. The number of rotatable bonds is 1. The van der Waals surface area contributed by atoms with Gasteiger partial charge in [-0.25, -0.2) is 9.97 Å². The van der Waals surface area contributed by atoms with E-state index in [9.17, 15) is 0 Å². The molecule has 1 aromatic heterocycles. The van der Waals surface area contributed by atoms with Gasteiger partial charge < -0.3 is 10.0 Å². The minimum absolute atomic E-state index is 0.112. The van der Waals surface area contributed by atoms with Crippen LogP contribution < -0.4 is 5.46 Å². The van der Waals surface area contributed by atoms with Crippen molar-refractivity contribution in [2.24, 2.45) is 0 Å². The van der Waals surface area contributed by atoms with Gasteiger partial charge in [0.25, 0.3) is 0 Å². The Morgan fingerprint density at radius 2 is 1.62 bits per heavy atom. The zero-order chi connectivity index (χ0) is 10.1. The lowest BCUT2D eigenvalue weighted by Gasteiger charge is -2.15. The average molecular weight is 180 g/mol. The normalized spacial score (nSPS) is 11.5. The van der Waals surface area contributed by atoms with Crippen molar-refractivity contribution in [3.63, 3.8) is 0 Å². The van der Waals surface area contributed by atoms with Crippen LogP contribution in [0.5, 0.6) is 0 Å². The van der Waals surface area contributed by atoms with Crippen molar-refractivity contribution < 1.29 is 10.0 Å². The van der Waals surface area contributed by atoms with E-state index in [1.165, 1.54) is 12.4 Å². The highest BCUT2D eigenvalue weighted by molar-refractivity contribution is 6.58. The lowest BCUT2D eigenvalue weighted by Crippen LogP contribution is -2.32. The fraction of sp³-hybridized carbons (Fsp3) is 0.500. The third-order valence-corrected chi connectivity index (χ3v) is 1.64. The van der Waals surface area contributed by atoms with Crippen LogP contribution in [0.1, 0.15) is 26.6 Å². The second kappa shape index (κ2) is 3.43. The van der Waals surface area contributed by atoms with Crippen LogP contribution in [0.15, 0.2) is 12.4 Å². The van der Waals surface area contributed by atoms with E-state index in [1.54, 1.807) is 0 Å². The molecule has 0 spiro atoms. The summed E-state index contributed by atoms with van der Waals surface area (Å²) in [7, 11) is -1.49. The van der Waals surface area contributed by atoms with Crippen molar-refractivity contribution in [2.75, 3.05) is 0 Å². The van der Waals surface area contributed by atoms with E-state index in [1.807, 2.05) is 20.8 Å². The molecule has 0 fully saturated rings. The summed E-state index contributed by atoms with van der Waals surface area (Å²) in [5.74, 6) is 0.692. The molecule has 0 aliphatic heterocycles. The number of hydrogen-bond donors (Lipinski definition) is 2. The van der Waals surface area contributed by atoms with Gasteiger partial charge in [0.15, 0.2) is 0 Å². The largest absolute Gasteiger partial charge is 0.491 e. The molecular weight excluding hydrogens is 167 g/mol. The lowest BCUT2D eigenvalue weighted by molar-refractivity contribution is 0.425. The van der Waals surface area contributed by atoms with Crippen molar-refractivity contribution >= 4 is 12.6 Å². The number of nitrogens with zero attached hydrogens (tertiary/aromatic N) is 2. The molecule has 4 nitrogen and oxygen atoms in total. The fourth-order valence-corrected chi connectivity index (χ4v) is 0.859. The van der Waals surface area contributed by atoms with Crippen molar-refractivity contribution in [1.82, 2.24) is 9.97 Å². The molecule has 0 saturated carbocycles. The molecule has 1 heterocycles.